The Kier molecular flexibility index (Phi) is 3.34. The highest BCUT2D eigenvalue weighted by atomic mass is 32.2. The molecule has 0 aliphatic heterocycles. The molecular weight excluding hydrogens is 212 g/mol. The number of hydrogen-bond donors (Lipinski definition) is 0. The Morgan fingerprint density at radius 1 is 0.875 bits per heavy atom. The van der Waals surface area contributed by atoms with E-state index in [2.05, 4.69) is 49.2 Å². The van der Waals surface area contributed by atoms with Crippen molar-refractivity contribution in [3.05, 3.63) is 59.7 Å². The van der Waals surface area contributed by atoms with E-state index in [9.17, 15) is 0 Å². The maximum atomic E-state index is 5.31. The van der Waals surface area contributed by atoms with Gasteiger partial charge >= 0.3 is 0 Å². The number of aryl methyl sites for hydroxylation is 1. The molecular formula is C15H12S. The molecule has 2 aromatic carbocycles. The minimum Gasteiger partial charge on any atom is -0.115 e. The first-order valence-corrected chi connectivity index (χ1v) is 5.91. The summed E-state index contributed by atoms with van der Waals surface area (Å²) in [6.07, 6.45) is 5.31. The van der Waals surface area contributed by atoms with Crippen molar-refractivity contribution in [2.45, 2.75) is 16.7 Å². The molecule has 0 N–H and O–H groups in total. The largest absolute Gasteiger partial charge is 0.115 e. The molecule has 78 valence electrons. The molecule has 0 nitrogen and oxygen atoms in total. The number of rotatable bonds is 2. The fourth-order valence-electron chi connectivity index (χ4n) is 1.36. The summed E-state index contributed by atoms with van der Waals surface area (Å²) in [5.41, 5.74) is 2.21. The van der Waals surface area contributed by atoms with Gasteiger partial charge in [-0.3, -0.25) is 0 Å². The van der Waals surface area contributed by atoms with Crippen LogP contribution in [0.4, 0.5) is 0 Å². The van der Waals surface area contributed by atoms with E-state index in [0.29, 0.717) is 0 Å². The lowest BCUT2D eigenvalue weighted by atomic mass is 10.2. The summed E-state index contributed by atoms with van der Waals surface area (Å²) in [7, 11) is 0. The fraction of sp³-hybridized carbons (Fsp3) is 0.0667. The van der Waals surface area contributed by atoms with E-state index in [4.69, 9.17) is 6.42 Å². The van der Waals surface area contributed by atoms with Crippen LogP contribution in [0.5, 0.6) is 0 Å². The smallest absolute Gasteiger partial charge is 0.0243 e. The first-order valence-electron chi connectivity index (χ1n) is 5.09. The lowest BCUT2D eigenvalue weighted by Crippen LogP contribution is -1.76. The molecule has 16 heavy (non-hydrogen) atoms. The molecule has 0 aromatic heterocycles. The van der Waals surface area contributed by atoms with Crippen LogP contribution in [0.1, 0.15) is 11.1 Å². The standard InChI is InChI=1S/C15H12S/c1-3-13-6-10-15(11-7-13)16-14-8-4-12(2)5-9-14/h1,4-11H,2H3. The first-order chi connectivity index (χ1) is 7.78. The topological polar surface area (TPSA) is 0 Å². The Bertz CT molecular complexity index is 501. The zero-order valence-electron chi connectivity index (χ0n) is 9.10. The molecule has 0 saturated heterocycles. The number of hydrogen-bond acceptors (Lipinski definition) is 1. The third-order valence-electron chi connectivity index (χ3n) is 2.28. The van der Waals surface area contributed by atoms with Crippen LogP contribution in [-0.4, -0.2) is 0 Å². The summed E-state index contributed by atoms with van der Waals surface area (Å²) in [5, 5.41) is 0. The predicted octanol–water partition coefficient (Wildman–Crippen LogP) is 4.13. The van der Waals surface area contributed by atoms with E-state index in [1.807, 2.05) is 12.1 Å². The van der Waals surface area contributed by atoms with Gasteiger partial charge in [-0.2, -0.15) is 0 Å². The van der Waals surface area contributed by atoms with Gasteiger partial charge < -0.3 is 0 Å². The van der Waals surface area contributed by atoms with Crippen molar-refractivity contribution in [3.63, 3.8) is 0 Å². The lowest BCUT2D eigenvalue weighted by Gasteiger charge is -2.02. The Morgan fingerprint density at radius 3 is 1.88 bits per heavy atom. The van der Waals surface area contributed by atoms with E-state index in [1.54, 1.807) is 11.8 Å². The maximum Gasteiger partial charge on any atom is 0.0243 e. The Labute approximate surface area is 101 Å². The zero-order chi connectivity index (χ0) is 11.4. The van der Waals surface area contributed by atoms with E-state index >= 15 is 0 Å². The molecule has 0 radical (unpaired) electrons. The van der Waals surface area contributed by atoms with Crippen LogP contribution in [0.25, 0.3) is 0 Å². The summed E-state index contributed by atoms with van der Waals surface area (Å²) in [6.45, 7) is 2.09. The first kappa shape index (κ1) is 10.9. The molecule has 0 saturated carbocycles. The highest BCUT2D eigenvalue weighted by molar-refractivity contribution is 7.99. The highest BCUT2D eigenvalue weighted by Crippen LogP contribution is 2.27. The maximum absolute atomic E-state index is 5.31. The summed E-state index contributed by atoms with van der Waals surface area (Å²) < 4.78 is 0. The van der Waals surface area contributed by atoms with E-state index in [-0.39, 0.29) is 0 Å². The lowest BCUT2D eigenvalue weighted by molar-refractivity contribution is 1.36. The summed E-state index contributed by atoms with van der Waals surface area (Å²) >= 11 is 1.75. The zero-order valence-corrected chi connectivity index (χ0v) is 9.92. The molecule has 1 heteroatoms. The molecule has 0 amide bonds. The van der Waals surface area contributed by atoms with Gasteiger partial charge in [0.25, 0.3) is 0 Å². The van der Waals surface area contributed by atoms with Gasteiger partial charge in [-0.1, -0.05) is 35.4 Å². The van der Waals surface area contributed by atoms with Crippen LogP contribution >= 0.6 is 11.8 Å². The average Bonchev–Trinajstić information content (AvgIpc) is 2.33. The van der Waals surface area contributed by atoms with Crippen LogP contribution in [0.2, 0.25) is 0 Å². The van der Waals surface area contributed by atoms with Gasteiger partial charge in [0.2, 0.25) is 0 Å². The van der Waals surface area contributed by atoms with Crippen molar-refractivity contribution in [1.29, 1.82) is 0 Å². The quantitative estimate of drug-likeness (QED) is 0.691. The molecule has 0 atom stereocenters. The fourth-order valence-corrected chi connectivity index (χ4v) is 2.18. The second-order valence-electron chi connectivity index (χ2n) is 3.58. The monoisotopic (exact) mass is 224 g/mol. The van der Waals surface area contributed by atoms with Gasteiger partial charge in [0, 0.05) is 15.4 Å². The summed E-state index contributed by atoms with van der Waals surface area (Å²) in [6, 6.07) is 16.6. The predicted molar refractivity (Wildman–Crippen MR) is 69.7 cm³/mol. The third-order valence-corrected chi connectivity index (χ3v) is 3.29. The van der Waals surface area contributed by atoms with E-state index in [1.165, 1.54) is 15.4 Å². The van der Waals surface area contributed by atoms with Gasteiger partial charge in [-0.25, -0.2) is 0 Å². The molecule has 2 aromatic rings. The minimum absolute atomic E-state index is 0.924. The van der Waals surface area contributed by atoms with Crippen molar-refractivity contribution >= 4 is 11.8 Å². The second-order valence-corrected chi connectivity index (χ2v) is 4.73. The highest BCUT2D eigenvalue weighted by Gasteiger charge is 1.96. The molecule has 0 unspecified atom stereocenters. The van der Waals surface area contributed by atoms with Crippen LogP contribution in [-0.2, 0) is 0 Å². The van der Waals surface area contributed by atoms with Crippen LogP contribution in [0.3, 0.4) is 0 Å². The van der Waals surface area contributed by atoms with E-state index in [0.717, 1.165) is 5.56 Å². The Morgan fingerprint density at radius 2 is 1.38 bits per heavy atom. The van der Waals surface area contributed by atoms with E-state index < -0.39 is 0 Å². The Hall–Kier alpha value is -1.65. The van der Waals surface area contributed by atoms with Gasteiger partial charge in [-0.15, -0.1) is 6.42 Å². The van der Waals surface area contributed by atoms with Gasteiger partial charge in [0.1, 0.15) is 0 Å². The van der Waals surface area contributed by atoms with Crippen molar-refractivity contribution < 1.29 is 0 Å². The normalized spacial score (nSPS) is 9.75. The minimum atomic E-state index is 0.924. The molecule has 0 fully saturated rings. The van der Waals surface area contributed by atoms with Crippen molar-refractivity contribution in [1.82, 2.24) is 0 Å². The SMILES string of the molecule is C#Cc1ccc(Sc2ccc(C)cc2)cc1. The molecule has 0 aliphatic rings. The van der Waals surface area contributed by atoms with Crippen molar-refractivity contribution in [2.75, 3.05) is 0 Å². The molecule has 2 rings (SSSR count). The van der Waals surface area contributed by atoms with Gasteiger partial charge in [0.15, 0.2) is 0 Å². The molecule has 0 spiro atoms. The molecule has 0 bridgehead atoms. The van der Waals surface area contributed by atoms with Crippen LogP contribution < -0.4 is 0 Å². The van der Waals surface area contributed by atoms with Gasteiger partial charge in [0.05, 0.1) is 0 Å². The summed E-state index contributed by atoms with van der Waals surface area (Å²) in [4.78, 5) is 2.46. The third kappa shape index (κ3) is 2.68. The van der Waals surface area contributed by atoms with Crippen LogP contribution in [0.15, 0.2) is 58.3 Å². The number of benzene rings is 2. The van der Waals surface area contributed by atoms with Gasteiger partial charge in [-0.05, 0) is 43.3 Å². The van der Waals surface area contributed by atoms with Crippen molar-refractivity contribution in [3.8, 4) is 12.3 Å². The molecule has 0 aliphatic carbocycles. The molecule has 0 heterocycles. The second kappa shape index (κ2) is 4.92. The van der Waals surface area contributed by atoms with Crippen molar-refractivity contribution in [2.24, 2.45) is 0 Å². The Balaban J connectivity index is 2.15. The average molecular weight is 224 g/mol. The summed E-state index contributed by atoms with van der Waals surface area (Å²) in [5.74, 6) is 2.62. The number of terminal acetylenes is 1. The van der Waals surface area contributed by atoms with Crippen LogP contribution in [0, 0.1) is 19.3 Å².